The Morgan fingerprint density at radius 3 is 2.57 bits per heavy atom. The average molecular weight is 314 g/mol. The second-order valence-corrected chi connectivity index (χ2v) is 6.02. The summed E-state index contributed by atoms with van der Waals surface area (Å²) in [5.74, 6) is -0.0129. The molecular formula is C17H22N4O2. The molecule has 2 aromatic rings. The monoisotopic (exact) mass is 314 g/mol. The molecule has 0 unspecified atom stereocenters. The van der Waals surface area contributed by atoms with Gasteiger partial charge in [-0.25, -0.2) is 0 Å². The Bertz CT molecular complexity index is 748. The zero-order valence-electron chi connectivity index (χ0n) is 13.4. The first kappa shape index (κ1) is 15.6. The molecule has 1 aromatic heterocycles. The first-order chi connectivity index (χ1) is 11.2. The first-order valence-electron chi connectivity index (χ1n) is 8.35. The quantitative estimate of drug-likeness (QED) is 0.870. The summed E-state index contributed by atoms with van der Waals surface area (Å²) in [7, 11) is 0. The molecule has 3 rings (SSSR count). The number of carbonyl (C=O) groups excluding carboxylic acids is 1. The largest absolute Gasteiger partial charge is 0.341 e. The van der Waals surface area contributed by atoms with Crippen molar-refractivity contribution >= 4 is 16.8 Å². The van der Waals surface area contributed by atoms with Gasteiger partial charge < -0.3 is 4.90 Å². The SMILES string of the molecule is CC[C@@H](C(=O)N1CCCCCC1)n1nnc2ccccc2c1=O. The van der Waals surface area contributed by atoms with Crippen LogP contribution in [0.5, 0.6) is 0 Å². The fourth-order valence-electron chi connectivity index (χ4n) is 3.16. The molecule has 2 heterocycles. The highest BCUT2D eigenvalue weighted by Crippen LogP contribution is 2.17. The van der Waals surface area contributed by atoms with Crippen molar-refractivity contribution < 1.29 is 4.79 Å². The molecule has 1 saturated heterocycles. The minimum absolute atomic E-state index is 0.0129. The number of hydrogen-bond acceptors (Lipinski definition) is 4. The fraction of sp³-hybridized carbons (Fsp3) is 0.529. The van der Waals surface area contributed by atoms with Gasteiger partial charge in [0.05, 0.1) is 5.39 Å². The van der Waals surface area contributed by atoms with Crippen LogP contribution in [0.3, 0.4) is 0 Å². The van der Waals surface area contributed by atoms with Gasteiger partial charge >= 0.3 is 0 Å². The zero-order valence-corrected chi connectivity index (χ0v) is 13.4. The lowest BCUT2D eigenvalue weighted by Gasteiger charge is -2.25. The van der Waals surface area contributed by atoms with Crippen molar-refractivity contribution in [3.8, 4) is 0 Å². The van der Waals surface area contributed by atoms with Crippen LogP contribution in [0.4, 0.5) is 0 Å². The van der Waals surface area contributed by atoms with Gasteiger partial charge in [0.25, 0.3) is 5.56 Å². The summed E-state index contributed by atoms with van der Waals surface area (Å²) in [6.45, 7) is 3.44. The van der Waals surface area contributed by atoms with Crippen molar-refractivity contribution in [2.24, 2.45) is 0 Å². The lowest BCUT2D eigenvalue weighted by Crippen LogP contribution is -2.42. The Hall–Kier alpha value is -2.24. The number of rotatable bonds is 3. The number of carbonyl (C=O) groups is 1. The summed E-state index contributed by atoms with van der Waals surface area (Å²) in [5, 5.41) is 8.63. The molecular weight excluding hydrogens is 292 g/mol. The van der Waals surface area contributed by atoms with E-state index in [1.54, 1.807) is 18.2 Å². The highest BCUT2D eigenvalue weighted by molar-refractivity contribution is 5.81. The number of amides is 1. The van der Waals surface area contributed by atoms with Crippen LogP contribution in [0.2, 0.25) is 0 Å². The minimum Gasteiger partial charge on any atom is -0.341 e. The third-order valence-electron chi connectivity index (χ3n) is 4.48. The van der Waals surface area contributed by atoms with E-state index >= 15 is 0 Å². The topological polar surface area (TPSA) is 68.1 Å². The highest BCUT2D eigenvalue weighted by atomic mass is 16.2. The summed E-state index contributed by atoms with van der Waals surface area (Å²) in [6, 6.07) is 6.53. The number of nitrogens with zero attached hydrogens (tertiary/aromatic N) is 4. The van der Waals surface area contributed by atoms with Crippen molar-refractivity contribution in [2.75, 3.05) is 13.1 Å². The smallest absolute Gasteiger partial charge is 0.278 e. The molecule has 0 saturated carbocycles. The number of hydrogen-bond donors (Lipinski definition) is 0. The maximum absolute atomic E-state index is 12.9. The van der Waals surface area contributed by atoms with Gasteiger partial charge in [-0.3, -0.25) is 9.59 Å². The Labute approximate surface area is 135 Å². The third-order valence-corrected chi connectivity index (χ3v) is 4.48. The third kappa shape index (κ3) is 3.11. The van der Waals surface area contributed by atoms with Crippen LogP contribution in [0.25, 0.3) is 10.9 Å². The van der Waals surface area contributed by atoms with E-state index in [0.29, 0.717) is 17.3 Å². The van der Waals surface area contributed by atoms with E-state index in [2.05, 4.69) is 10.3 Å². The molecule has 1 aliphatic heterocycles. The molecule has 1 amide bonds. The molecule has 0 spiro atoms. The Morgan fingerprint density at radius 1 is 1.17 bits per heavy atom. The van der Waals surface area contributed by atoms with Crippen molar-refractivity contribution in [1.82, 2.24) is 19.9 Å². The molecule has 6 nitrogen and oxygen atoms in total. The second kappa shape index (κ2) is 6.89. The number of fused-ring (bicyclic) bond motifs is 1. The summed E-state index contributed by atoms with van der Waals surface area (Å²) < 4.78 is 1.26. The molecule has 0 bridgehead atoms. The maximum Gasteiger partial charge on any atom is 0.278 e. The van der Waals surface area contributed by atoms with E-state index in [-0.39, 0.29) is 11.5 Å². The van der Waals surface area contributed by atoms with Crippen molar-refractivity contribution in [3.05, 3.63) is 34.6 Å². The van der Waals surface area contributed by atoms with E-state index in [1.165, 1.54) is 4.68 Å². The lowest BCUT2D eigenvalue weighted by molar-refractivity contribution is -0.135. The van der Waals surface area contributed by atoms with Gasteiger partial charge in [-0.2, -0.15) is 4.68 Å². The predicted octanol–water partition coefficient (Wildman–Crippen LogP) is 2.15. The summed E-state index contributed by atoms with van der Waals surface area (Å²) in [5.41, 5.74) is 0.316. The van der Waals surface area contributed by atoms with Gasteiger partial charge in [0.1, 0.15) is 11.6 Å². The van der Waals surface area contributed by atoms with E-state index in [1.807, 2.05) is 17.9 Å². The molecule has 1 aliphatic rings. The highest BCUT2D eigenvalue weighted by Gasteiger charge is 2.27. The van der Waals surface area contributed by atoms with Crippen LogP contribution >= 0.6 is 0 Å². The Morgan fingerprint density at radius 2 is 1.87 bits per heavy atom. The molecule has 0 N–H and O–H groups in total. The van der Waals surface area contributed by atoms with Crippen LogP contribution < -0.4 is 5.56 Å². The number of likely N-dealkylation sites (tertiary alicyclic amines) is 1. The molecule has 1 aromatic carbocycles. The zero-order chi connectivity index (χ0) is 16.2. The van der Waals surface area contributed by atoms with Crippen LogP contribution in [0.1, 0.15) is 45.1 Å². The van der Waals surface area contributed by atoms with Crippen LogP contribution in [-0.4, -0.2) is 38.9 Å². The summed E-state index contributed by atoms with van der Waals surface area (Å²) >= 11 is 0. The minimum atomic E-state index is -0.572. The first-order valence-corrected chi connectivity index (χ1v) is 8.35. The number of aromatic nitrogens is 3. The van der Waals surface area contributed by atoms with Crippen molar-refractivity contribution in [3.63, 3.8) is 0 Å². The average Bonchev–Trinajstić information content (AvgIpc) is 2.87. The number of benzene rings is 1. The Kier molecular flexibility index (Phi) is 4.69. The molecule has 1 atom stereocenters. The van der Waals surface area contributed by atoms with Gasteiger partial charge in [0, 0.05) is 13.1 Å². The molecule has 23 heavy (non-hydrogen) atoms. The van der Waals surface area contributed by atoms with E-state index in [4.69, 9.17) is 0 Å². The van der Waals surface area contributed by atoms with Gasteiger partial charge in [-0.05, 0) is 31.4 Å². The van der Waals surface area contributed by atoms with Crippen LogP contribution in [-0.2, 0) is 4.79 Å². The second-order valence-electron chi connectivity index (χ2n) is 6.02. The normalized spacial score (nSPS) is 17.0. The molecule has 0 radical (unpaired) electrons. The summed E-state index contributed by atoms with van der Waals surface area (Å²) in [6.07, 6.45) is 4.91. The van der Waals surface area contributed by atoms with E-state index < -0.39 is 6.04 Å². The molecule has 1 fully saturated rings. The van der Waals surface area contributed by atoms with Crippen molar-refractivity contribution in [2.45, 2.75) is 45.1 Å². The van der Waals surface area contributed by atoms with E-state index in [0.717, 1.165) is 38.8 Å². The fourth-order valence-corrected chi connectivity index (χ4v) is 3.16. The molecule has 122 valence electrons. The van der Waals surface area contributed by atoms with E-state index in [9.17, 15) is 9.59 Å². The van der Waals surface area contributed by atoms with Gasteiger partial charge in [0.15, 0.2) is 0 Å². The lowest BCUT2D eigenvalue weighted by atomic mass is 10.1. The Balaban J connectivity index is 1.95. The van der Waals surface area contributed by atoms with Crippen LogP contribution in [0.15, 0.2) is 29.1 Å². The van der Waals surface area contributed by atoms with Gasteiger partial charge in [0.2, 0.25) is 5.91 Å². The van der Waals surface area contributed by atoms with Crippen molar-refractivity contribution in [1.29, 1.82) is 0 Å². The maximum atomic E-state index is 12.9. The predicted molar refractivity (Wildman–Crippen MR) is 88.2 cm³/mol. The van der Waals surface area contributed by atoms with Gasteiger partial charge in [-0.1, -0.05) is 37.1 Å². The standard InChI is InChI=1S/C17H22N4O2/c1-2-15(17(23)20-11-7-3-4-8-12-20)21-16(22)13-9-5-6-10-14(13)18-19-21/h5-6,9-10,15H,2-4,7-8,11-12H2,1H3/t15-/m0/s1. The molecule has 6 heteroatoms. The summed E-state index contributed by atoms with van der Waals surface area (Å²) in [4.78, 5) is 27.4. The van der Waals surface area contributed by atoms with Crippen LogP contribution in [0, 0.1) is 0 Å². The molecule has 0 aliphatic carbocycles. The van der Waals surface area contributed by atoms with Gasteiger partial charge in [-0.15, -0.1) is 5.10 Å².